The molecule has 1 aromatic heterocycles. The fourth-order valence-corrected chi connectivity index (χ4v) is 2.96. The van der Waals surface area contributed by atoms with Crippen LogP contribution in [0.5, 0.6) is 11.5 Å². The second-order valence-corrected chi connectivity index (χ2v) is 6.57. The van der Waals surface area contributed by atoms with Crippen LogP contribution in [0.2, 0.25) is 0 Å². The number of H-pyrrole nitrogens is 1. The van der Waals surface area contributed by atoms with Crippen LogP contribution in [0.1, 0.15) is 37.6 Å². The molecule has 148 valence electrons. The quantitative estimate of drug-likeness (QED) is 0.450. The molecule has 1 heterocycles. The second kappa shape index (κ2) is 9.56. The summed E-state index contributed by atoms with van der Waals surface area (Å²) in [6, 6.07) is 14.6. The number of hydrogen-bond acceptors (Lipinski definition) is 5. The molecule has 0 unspecified atom stereocenters. The van der Waals surface area contributed by atoms with E-state index in [1.54, 1.807) is 43.5 Å². The Morgan fingerprint density at radius 2 is 2.03 bits per heavy atom. The smallest absolute Gasteiger partial charge is 0.259 e. The number of hydrogen-bond donors (Lipinski definition) is 1. The Kier molecular flexibility index (Phi) is 6.64. The maximum atomic E-state index is 12.3. The Balaban J connectivity index is 1.91. The van der Waals surface area contributed by atoms with E-state index >= 15 is 0 Å². The Morgan fingerprint density at radius 3 is 2.79 bits per heavy atom. The van der Waals surface area contributed by atoms with Gasteiger partial charge in [-0.2, -0.15) is 5.26 Å². The van der Waals surface area contributed by atoms with E-state index in [9.17, 15) is 10.1 Å². The van der Waals surface area contributed by atoms with E-state index in [0.29, 0.717) is 29.0 Å². The molecule has 0 aliphatic heterocycles. The molecule has 0 aliphatic rings. The fraction of sp³-hybridized carbons (Fsp3) is 0.261. The number of nitrogens with zero attached hydrogens (tertiary/aromatic N) is 2. The van der Waals surface area contributed by atoms with Gasteiger partial charge in [-0.3, -0.25) is 4.79 Å². The first kappa shape index (κ1) is 20.2. The zero-order valence-electron chi connectivity index (χ0n) is 16.6. The summed E-state index contributed by atoms with van der Waals surface area (Å²) in [7, 11) is 1.58. The van der Waals surface area contributed by atoms with Crippen molar-refractivity contribution in [2.45, 2.75) is 26.2 Å². The fourth-order valence-electron chi connectivity index (χ4n) is 2.96. The van der Waals surface area contributed by atoms with Crippen LogP contribution in [0, 0.1) is 11.3 Å². The number of methoxy groups -OCH3 is 1. The van der Waals surface area contributed by atoms with Gasteiger partial charge in [0.15, 0.2) is 17.3 Å². The third kappa shape index (κ3) is 4.82. The molecule has 0 spiro atoms. The summed E-state index contributed by atoms with van der Waals surface area (Å²) in [5.74, 6) is 1.49. The molecule has 3 rings (SSSR count). The molecule has 0 bridgehead atoms. The van der Waals surface area contributed by atoms with Crippen molar-refractivity contribution >= 4 is 22.6 Å². The third-order valence-electron chi connectivity index (χ3n) is 4.49. The highest BCUT2D eigenvalue weighted by Gasteiger charge is 2.10. The number of allylic oxidation sites excluding steroid dienone is 1. The van der Waals surface area contributed by atoms with Crippen molar-refractivity contribution in [3.63, 3.8) is 0 Å². The number of unbranched alkanes of at least 4 members (excludes halogenated alkanes) is 2. The van der Waals surface area contributed by atoms with Crippen molar-refractivity contribution in [3.05, 3.63) is 64.2 Å². The van der Waals surface area contributed by atoms with Crippen LogP contribution in [0.15, 0.2) is 47.3 Å². The Hall–Kier alpha value is -3.59. The number of aromatic nitrogens is 2. The summed E-state index contributed by atoms with van der Waals surface area (Å²) in [6.45, 7) is 2.78. The molecule has 0 radical (unpaired) electrons. The molecule has 0 amide bonds. The molecule has 0 aliphatic carbocycles. The average molecular weight is 389 g/mol. The van der Waals surface area contributed by atoms with Gasteiger partial charge in [0, 0.05) is 0 Å². The number of para-hydroxylation sites is 1. The summed E-state index contributed by atoms with van der Waals surface area (Å²) in [6.07, 6.45) is 4.90. The van der Waals surface area contributed by atoms with E-state index < -0.39 is 0 Å². The molecule has 3 aromatic rings. The lowest BCUT2D eigenvalue weighted by atomic mass is 10.1. The monoisotopic (exact) mass is 389 g/mol. The van der Waals surface area contributed by atoms with Crippen molar-refractivity contribution in [2.75, 3.05) is 13.7 Å². The number of aromatic amines is 1. The van der Waals surface area contributed by atoms with Gasteiger partial charge in [0.05, 0.1) is 30.2 Å². The lowest BCUT2D eigenvalue weighted by molar-refractivity contribution is 0.286. The lowest BCUT2D eigenvalue weighted by Crippen LogP contribution is -2.11. The molecular formula is C23H23N3O3. The van der Waals surface area contributed by atoms with Crippen LogP contribution >= 0.6 is 0 Å². The number of fused-ring (bicyclic) bond motifs is 1. The summed E-state index contributed by atoms with van der Waals surface area (Å²) in [5.41, 5.74) is 1.27. The van der Waals surface area contributed by atoms with E-state index in [-0.39, 0.29) is 17.0 Å². The van der Waals surface area contributed by atoms with Crippen molar-refractivity contribution in [2.24, 2.45) is 0 Å². The zero-order chi connectivity index (χ0) is 20.6. The molecule has 29 heavy (non-hydrogen) atoms. The van der Waals surface area contributed by atoms with Gasteiger partial charge in [0.2, 0.25) is 0 Å². The molecule has 6 heteroatoms. The minimum atomic E-state index is -0.278. The van der Waals surface area contributed by atoms with E-state index in [1.807, 2.05) is 12.1 Å². The van der Waals surface area contributed by atoms with Gasteiger partial charge in [-0.05, 0) is 42.3 Å². The van der Waals surface area contributed by atoms with Gasteiger partial charge in [-0.15, -0.1) is 0 Å². The van der Waals surface area contributed by atoms with Crippen LogP contribution in [0.4, 0.5) is 0 Å². The highest BCUT2D eigenvalue weighted by Crippen LogP contribution is 2.29. The summed E-state index contributed by atoms with van der Waals surface area (Å²) in [5, 5.41) is 10.1. The zero-order valence-corrected chi connectivity index (χ0v) is 16.6. The van der Waals surface area contributed by atoms with E-state index in [4.69, 9.17) is 9.47 Å². The van der Waals surface area contributed by atoms with Crippen LogP contribution in [-0.2, 0) is 0 Å². The first-order valence-corrected chi connectivity index (χ1v) is 9.58. The molecule has 0 saturated heterocycles. The van der Waals surface area contributed by atoms with Gasteiger partial charge < -0.3 is 14.5 Å². The predicted octanol–water partition coefficient (Wildman–Crippen LogP) is 4.56. The van der Waals surface area contributed by atoms with E-state index in [2.05, 4.69) is 23.0 Å². The van der Waals surface area contributed by atoms with Gasteiger partial charge in [0.1, 0.15) is 6.07 Å². The van der Waals surface area contributed by atoms with Crippen LogP contribution in [-0.4, -0.2) is 23.7 Å². The molecule has 0 fully saturated rings. The molecule has 0 saturated carbocycles. The van der Waals surface area contributed by atoms with Gasteiger partial charge in [-0.1, -0.05) is 38.0 Å². The molecular weight excluding hydrogens is 366 g/mol. The average Bonchev–Trinajstić information content (AvgIpc) is 2.75. The largest absolute Gasteiger partial charge is 0.493 e. The highest BCUT2D eigenvalue weighted by atomic mass is 16.5. The lowest BCUT2D eigenvalue weighted by Gasteiger charge is -2.11. The Bertz CT molecular complexity index is 1130. The second-order valence-electron chi connectivity index (χ2n) is 6.57. The minimum absolute atomic E-state index is 0.232. The topological polar surface area (TPSA) is 88.0 Å². The Labute approximate surface area is 169 Å². The Morgan fingerprint density at radius 1 is 1.21 bits per heavy atom. The van der Waals surface area contributed by atoms with Crippen LogP contribution in [0.3, 0.4) is 0 Å². The van der Waals surface area contributed by atoms with Gasteiger partial charge in [-0.25, -0.2) is 4.98 Å². The maximum Gasteiger partial charge on any atom is 0.259 e. The van der Waals surface area contributed by atoms with Crippen molar-refractivity contribution in [1.29, 1.82) is 5.26 Å². The van der Waals surface area contributed by atoms with E-state index in [0.717, 1.165) is 24.8 Å². The number of benzene rings is 2. The summed E-state index contributed by atoms with van der Waals surface area (Å²) in [4.78, 5) is 19.4. The first-order chi connectivity index (χ1) is 14.2. The highest BCUT2D eigenvalue weighted by molar-refractivity contribution is 5.89. The van der Waals surface area contributed by atoms with Crippen molar-refractivity contribution in [1.82, 2.24) is 9.97 Å². The number of nitrogens with one attached hydrogen (secondary N) is 1. The number of nitriles is 1. The van der Waals surface area contributed by atoms with Gasteiger partial charge in [0.25, 0.3) is 5.56 Å². The summed E-state index contributed by atoms with van der Waals surface area (Å²) >= 11 is 0. The standard InChI is InChI=1S/C23H23N3O3/c1-3-4-7-12-29-20-11-10-16(14-21(20)28-2)13-17(15-24)22-25-19-9-6-5-8-18(19)23(27)26-22/h5-6,8-11,13-14H,3-4,7,12H2,1-2H3,(H,25,26,27). The van der Waals surface area contributed by atoms with Crippen molar-refractivity contribution < 1.29 is 9.47 Å². The van der Waals surface area contributed by atoms with E-state index in [1.165, 1.54) is 0 Å². The normalized spacial score (nSPS) is 11.3. The molecule has 6 nitrogen and oxygen atoms in total. The SMILES string of the molecule is CCCCCOc1ccc(C=C(C#N)c2nc3ccccc3c(=O)[nH]2)cc1OC. The summed E-state index contributed by atoms with van der Waals surface area (Å²) < 4.78 is 11.2. The predicted molar refractivity (Wildman–Crippen MR) is 114 cm³/mol. The minimum Gasteiger partial charge on any atom is -0.493 e. The van der Waals surface area contributed by atoms with Crippen LogP contribution in [0.25, 0.3) is 22.6 Å². The molecule has 2 aromatic carbocycles. The van der Waals surface area contributed by atoms with Crippen LogP contribution < -0.4 is 15.0 Å². The van der Waals surface area contributed by atoms with Crippen molar-refractivity contribution in [3.8, 4) is 17.6 Å². The third-order valence-corrected chi connectivity index (χ3v) is 4.49. The number of ether oxygens (including phenoxy) is 2. The molecule has 1 N–H and O–H groups in total. The maximum absolute atomic E-state index is 12.3. The number of rotatable bonds is 8. The molecule has 0 atom stereocenters. The first-order valence-electron chi connectivity index (χ1n) is 9.58. The van der Waals surface area contributed by atoms with Gasteiger partial charge >= 0.3 is 0 Å².